The number of benzene rings is 1. The van der Waals surface area contributed by atoms with Crippen LogP contribution in [0.4, 0.5) is 0 Å². The maximum Gasteiger partial charge on any atom is 0.191 e. The van der Waals surface area contributed by atoms with E-state index < -0.39 is 0 Å². The van der Waals surface area contributed by atoms with Crippen LogP contribution >= 0.6 is 0 Å². The lowest BCUT2D eigenvalue weighted by Crippen LogP contribution is -2.44. The van der Waals surface area contributed by atoms with Gasteiger partial charge in [-0.2, -0.15) is 0 Å². The molecular formula is C22H31N5O2. The Kier molecular flexibility index (Phi) is 7.69. The van der Waals surface area contributed by atoms with Crippen LogP contribution in [0.1, 0.15) is 24.6 Å². The molecule has 2 N–H and O–H groups in total. The van der Waals surface area contributed by atoms with Gasteiger partial charge in [-0.3, -0.25) is 9.88 Å². The zero-order valence-corrected chi connectivity index (χ0v) is 17.5. The molecule has 7 heteroatoms. The van der Waals surface area contributed by atoms with E-state index in [0.717, 1.165) is 55.8 Å². The molecule has 1 aromatic heterocycles. The summed E-state index contributed by atoms with van der Waals surface area (Å²) in [6.45, 7) is 6.34. The van der Waals surface area contributed by atoms with Crippen molar-refractivity contribution in [2.24, 2.45) is 4.99 Å². The van der Waals surface area contributed by atoms with Crippen molar-refractivity contribution in [1.29, 1.82) is 0 Å². The predicted octanol–water partition coefficient (Wildman–Crippen LogP) is 2.43. The smallest absolute Gasteiger partial charge is 0.191 e. The van der Waals surface area contributed by atoms with Gasteiger partial charge >= 0.3 is 0 Å². The average Bonchev–Trinajstić information content (AvgIpc) is 3.19. The molecule has 1 atom stereocenters. The van der Waals surface area contributed by atoms with Crippen LogP contribution in [0.15, 0.2) is 47.6 Å². The summed E-state index contributed by atoms with van der Waals surface area (Å²) in [6, 6.07) is 12.3. The number of hydrogen-bond acceptors (Lipinski definition) is 5. The zero-order chi connectivity index (χ0) is 20.5. The maximum absolute atomic E-state index is 5.39. The van der Waals surface area contributed by atoms with Crippen molar-refractivity contribution in [2.45, 2.75) is 32.5 Å². The molecule has 29 heavy (non-hydrogen) atoms. The number of methoxy groups -OCH3 is 2. The molecule has 3 rings (SSSR count). The second-order valence-corrected chi connectivity index (χ2v) is 7.10. The summed E-state index contributed by atoms with van der Waals surface area (Å²) in [7, 11) is 3.36. The first kappa shape index (κ1) is 20.9. The number of hydrogen-bond donors (Lipinski definition) is 2. The van der Waals surface area contributed by atoms with Crippen LogP contribution in [0.5, 0.6) is 11.5 Å². The van der Waals surface area contributed by atoms with E-state index in [9.17, 15) is 0 Å². The fourth-order valence-electron chi connectivity index (χ4n) is 3.48. The molecule has 0 spiro atoms. The second kappa shape index (κ2) is 10.7. The normalized spacial score (nSPS) is 17.2. The summed E-state index contributed by atoms with van der Waals surface area (Å²) in [4.78, 5) is 11.5. The minimum atomic E-state index is 0.365. The highest BCUT2D eigenvalue weighted by atomic mass is 16.5. The van der Waals surface area contributed by atoms with Gasteiger partial charge in [-0.15, -0.1) is 0 Å². The van der Waals surface area contributed by atoms with E-state index in [1.165, 1.54) is 5.56 Å². The fraction of sp³-hybridized carbons (Fsp3) is 0.455. The maximum atomic E-state index is 5.39. The monoisotopic (exact) mass is 397 g/mol. The molecule has 0 amide bonds. The molecular weight excluding hydrogens is 366 g/mol. The number of guanidine groups is 1. The summed E-state index contributed by atoms with van der Waals surface area (Å²) in [5, 5.41) is 6.90. The number of pyridine rings is 1. The van der Waals surface area contributed by atoms with E-state index in [-0.39, 0.29) is 0 Å². The Balaban J connectivity index is 1.56. The number of nitrogens with one attached hydrogen (secondary N) is 2. The van der Waals surface area contributed by atoms with Gasteiger partial charge in [0.25, 0.3) is 0 Å². The van der Waals surface area contributed by atoms with Gasteiger partial charge in [0.2, 0.25) is 0 Å². The Morgan fingerprint density at radius 2 is 2.00 bits per heavy atom. The molecule has 1 unspecified atom stereocenters. The lowest BCUT2D eigenvalue weighted by Gasteiger charge is -2.19. The van der Waals surface area contributed by atoms with Crippen LogP contribution in [-0.2, 0) is 13.1 Å². The molecule has 2 heterocycles. The topological polar surface area (TPSA) is 71.0 Å². The third-order valence-corrected chi connectivity index (χ3v) is 4.90. The first-order valence-electron chi connectivity index (χ1n) is 10.1. The van der Waals surface area contributed by atoms with E-state index in [2.05, 4.69) is 44.6 Å². The minimum Gasteiger partial charge on any atom is -0.497 e. The Bertz CT molecular complexity index is 775. The Labute approximate surface area is 173 Å². The number of rotatable bonds is 8. The largest absolute Gasteiger partial charge is 0.497 e. The first-order valence-corrected chi connectivity index (χ1v) is 10.1. The number of ether oxygens (including phenoxy) is 2. The predicted molar refractivity (Wildman–Crippen MR) is 115 cm³/mol. The summed E-state index contributed by atoms with van der Waals surface area (Å²) >= 11 is 0. The van der Waals surface area contributed by atoms with Gasteiger partial charge < -0.3 is 20.1 Å². The van der Waals surface area contributed by atoms with E-state index in [4.69, 9.17) is 9.47 Å². The second-order valence-electron chi connectivity index (χ2n) is 7.10. The molecule has 156 valence electrons. The Morgan fingerprint density at radius 1 is 1.21 bits per heavy atom. The first-order chi connectivity index (χ1) is 14.2. The van der Waals surface area contributed by atoms with Crippen molar-refractivity contribution in [3.63, 3.8) is 0 Å². The van der Waals surface area contributed by atoms with E-state index in [1.54, 1.807) is 20.4 Å². The fourth-order valence-corrected chi connectivity index (χ4v) is 3.48. The van der Waals surface area contributed by atoms with E-state index in [0.29, 0.717) is 12.6 Å². The van der Waals surface area contributed by atoms with E-state index in [1.807, 2.05) is 24.3 Å². The summed E-state index contributed by atoms with van der Waals surface area (Å²) in [5.41, 5.74) is 2.15. The molecule has 0 saturated carbocycles. The summed E-state index contributed by atoms with van der Waals surface area (Å²) in [6.07, 6.45) is 2.88. The van der Waals surface area contributed by atoms with Gasteiger partial charge in [-0.1, -0.05) is 6.07 Å². The van der Waals surface area contributed by atoms with Crippen LogP contribution in [0, 0.1) is 0 Å². The highest BCUT2D eigenvalue weighted by Gasteiger charge is 2.23. The Hall–Kier alpha value is -2.80. The molecule has 0 bridgehead atoms. The van der Waals surface area contributed by atoms with Crippen LogP contribution in [-0.4, -0.2) is 55.7 Å². The molecule has 1 aliphatic rings. The van der Waals surface area contributed by atoms with Gasteiger partial charge in [0.15, 0.2) is 5.96 Å². The van der Waals surface area contributed by atoms with Crippen LogP contribution in [0.3, 0.4) is 0 Å². The van der Waals surface area contributed by atoms with Crippen molar-refractivity contribution >= 4 is 5.96 Å². The highest BCUT2D eigenvalue weighted by molar-refractivity contribution is 5.80. The molecule has 7 nitrogen and oxygen atoms in total. The SMILES string of the molecule is CCNC(=NCc1ccccn1)NC1CCN(Cc2cc(OC)cc(OC)c2)C1. The van der Waals surface area contributed by atoms with Crippen LogP contribution < -0.4 is 20.1 Å². The number of likely N-dealkylation sites (tertiary alicyclic amines) is 1. The average molecular weight is 398 g/mol. The third-order valence-electron chi connectivity index (χ3n) is 4.90. The van der Waals surface area contributed by atoms with Gasteiger partial charge in [0, 0.05) is 44.5 Å². The molecule has 0 radical (unpaired) electrons. The standard InChI is InChI=1S/C22H31N5O2/c1-4-23-22(25-14-18-7-5-6-9-24-18)26-19-8-10-27(16-19)15-17-11-20(28-2)13-21(12-17)29-3/h5-7,9,11-13,19H,4,8,10,14-16H2,1-3H3,(H2,23,25,26). The molecule has 1 aliphatic heterocycles. The number of nitrogens with zero attached hydrogens (tertiary/aromatic N) is 3. The number of aliphatic imine (C=N–C) groups is 1. The zero-order valence-electron chi connectivity index (χ0n) is 17.5. The van der Waals surface area contributed by atoms with Gasteiger partial charge in [0.1, 0.15) is 11.5 Å². The lowest BCUT2D eigenvalue weighted by molar-refractivity contribution is 0.321. The van der Waals surface area contributed by atoms with E-state index >= 15 is 0 Å². The van der Waals surface area contributed by atoms with Gasteiger partial charge in [-0.05, 0) is 43.2 Å². The van der Waals surface area contributed by atoms with Crippen LogP contribution in [0.25, 0.3) is 0 Å². The van der Waals surface area contributed by atoms with Crippen molar-refractivity contribution in [2.75, 3.05) is 33.9 Å². The summed E-state index contributed by atoms with van der Waals surface area (Å²) in [5.74, 6) is 2.49. The quantitative estimate of drug-likeness (QED) is 0.527. The molecule has 2 aromatic rings. The summed E-state index contributed by atoms with van der Waals surface area (Å²) < 4.78 is 10.8. The molecule has 1 fully saturated rings. The highest BCUT2D eigenvalue weighted by Crippen LogP contribution is 2.24. The van der Waals surface area contributed by atoms with Crippen molar-refractivity contribution < 1.29 is 9.47 Å². The van der Waals surface area contributed by atoms with Crippen LogP contribution in [0.2, 0.25) is 0 Å². The molecule has 1 saturated heterocycles. The van der Waals surface area contributed by atoms with Crippen molar-refractivity contribution in [3.05, 3.63) is 53.9 Å². The van der Waals surface area contributed by atoms with Crippen molar-refractivity contribution in [3.8, 4) is 11.5 Å². The Morgan fingerprint density at radius 3 is 2.66 bits per heavy atom. The minimum absolute atomic E-state index is 0.365. The lowest BCUT2D eigenvalue weighted by atomic mass is 10.2. The van der Waals surface area contributed by atoms with Crippen molar-refractivity contribution in [1.82, 2.24) is 20.5 Å². The third kappa shape index (κ3) is 6.35. The molecule has 0 aliphatic carbocycles. The van der Waals surface area contributed by atoms with Gasteiger partial charge in [0.05, 0.1) is 26.5 Å². The van der Waals surface area contributed by atoms with Gasteiger partial charge in [-0.25, -0.2) is 4.99 Å². The molecule has 1 aromatic carbocycles. The number of aromatic nitrogens is 1.